The van der Waals surface area contributed by atoms with Crippen molar-refractivity contribution in [2.24, 2.45) is 5.92 Å². The van der Waals surface area contributed by atoms with E-state index in [1.165, 1.54) is 0 Å². The second kappa shape index (κ2) is 10.1. The molecule has 10 heteroatoms. The van der Waals surface area contributed by atoms with Crippen molar-refractivity contribution in [3.8, 4) is 0 Å². The lowest BCUT2D eigenvalue weighted by atomic mass is 9.94. The van der Waals surface area contributed by atoms with Crippen LogP contribution in [0.5, 0.6) is 0 Å². The normalized spacial score (nSPS) is 25.0. The molecule has 1 N–H and O–H groups in total. The van der Waals surface area contributed by atoms with E-state index in [1.54, 1.807) is 12.1 Å². The number of hydrogen-bond acceptors (Lipinski definition) is 6. The minimum absolute atomic E-state index is 0.0133. The molecule has 0 unspecified atom stereocenters. The first-order valence-electron chi connectivity index (χ1n) is 11.3. The number of carbonyl (C=O) groups is 2. The van der Waals surface area contributed by atoms with Gasteiger partial charge >= 0.3 is 0 Å². The summed E-state index contributed by atoms with van der Waals surface area (Å²) in [6, 6.07) is 7.27. The van der Waals surface area contributed by atoms with Gasteiger partial charge in [-0.25, -0.2) is 8.42 Å². The summed E-state index contributed by atoms with van der Waals surface area (Å²) < 4.78 is 23.5. The van der Waals surface area contributed by atoms with Gasteiger partial charge in [-0.3, -0.25) is 19.4 Å². The smallest absolute Gasteiger partial charge is 0.238 e. The van der Waals surface area contributed by atoms with Gasteiger partial charge in [-0.05, 0) is 44.5 Å². The molecule has 3 aliphatic rings. The van der Waals surface area contributed by atoms with Crippen LogP contribution in [0.25, 0.3) is 0 Å². The number of carbonyl (C=O) groups excluding carboxylic acids is 2. The number of amides is 2. The maximum absolute atomic E-state index is 13.0. The van der Waals surface area contributed by atoms with Crippen LogP contribution in [0.1, 0.15) is 19.3 Å². The molecule has 0 aromatic heterocycles. The lowest BCUT2D eigenvalue weighted by Crippen LogP contribution is -2.53. The fraction of sp³-hybridized carbons (Fsp3) is 0.636. The Balaban J connectivity index is 1.19. The molecule has 3 aliphatic heterocycles. The summed E-state index contributed by atoms with van der Waals surface area (Å²) in [4.78, 5) is 31.6. The Morgan fingerprint density at radius 1 is 1.00 bits per heavy atom. The molecule has 3 saturated heterocycles. The highest BCUT2D eigenvalue weighted by Gasteiger charge is 2.36. The van der Waals surface area contributed by atoms with Crippen LogP contribution in [-0.2, 0) is 19.4 Å². The SMILES string of the molecule is O=C(CN1CCN(C(=O)C2CCN([C@@H]3CCS(=O)(=O)C3)CC2)CC1)Nc1ccccc1Cl. The Morgan fingerprint density at radius 2 is 1.69 bits per heavy atom. The largest absolute Gasteiger partial charge is 0.340 e. The number of sulfone groups is 1. The fourth-order valence-electron chi connectivity index (χ4n) is 4.91. The highest BCUT2D eigenvalue weighted by atomic mass is 35.5. The Morgan fingerprint density at radius 3 is 2.31 bits per heavy atom. The van der Waals surface area contributed by atoms with Crippen molar-refractivity contribution in [3.63, 3.8) is 0 Å². The first kappa shape index (κ1) is 23.5. The number of rotatable bonds is 5. The number of halogens is 1. The minimum Gasteiger partial charge on any atom is -0.340 e. The molecule has 3 heterocycles. The molecule has 8 nitrogen and oxygen atoms in total. The summed E-state index contributed by atoms with van der Waals surface area (Å²) in [6.07, 6.45) is 2.29. The van der Waals surface area contributed by atoms with Crippen LogP contribution in [0.15, 0.2) is 24.3 Å². The van der Waals surface area contributed by atoms with E-state index < -0.39 is 9.84 Å². The molecule has 4 rings (SSSR count). The van der Waals surface area contributed by atoms with Crippen LogP contribution in [-0.4, -0.2) is 98.3 Å². The van der Waals surface area contributed by atoms with Crippen LogP contribution in [0.3, 0.4) is 0 Å². The van der Waals surface area contributed by atoms with Crippen molar-refractivity contribution in [2.75, 3.05) is 62.6 Å². The van der Waals surface area contributed by atoms with E-state index in [-0.39, 0.29) is 41.8 Å². The van der Waals surface area contributed by atoms with Gasteiger partial charge in [-0.1, -0.05) is 23.7 Å². The highest BCUT2D eigenvalue weighted by Crippen LogP contribution is 2.26. The monoisotopic (exact) mass is 482 g/mol. The number of nitrogens with zero attached hydrogens (tertiary/aromatic N) is 3. The van der Waals surface area contributed by atoms with Gasteiger partial charge in [0.25, 0.3) is 0 Å². The zero-order valence-corrected chi connectivity index (χ0v) is 19.8. The van der Waals surface area contributed by atoms with Crippen molar-refractivity contribution < 1.29 is 18.0 Å². The summed E-state index contributed by atoms with van der Waals surface area (Å²) in [5.74, 6) is 0.650. The van der Waals surface area contributed by atoms with Gasteiger partial charge in [0, 0.05) is 38.1 Å². The molecule has 0 bridgehead atoms. The number of benzene rings is 1. The topological polar surface area (TPSA) is 90.0 Å². The van der Waals surface area contributed by atoms with E-state index in [2.05, 4.69) is 15.1 Å². The quantitative estimate of drug-likeness (QED) is 0.680. The number of hydrogen-bond donors (Lipinski definition) is 1. The van der Waals surface area contributed by atoms with Crippen LogP contribution in [0.2, 0.25) is 5.02 Å². The van der Waals surface area contributed by atoms with Gasteiger partial charge in [-0.2, -0.15) is 0 Å². The maximum Gasteiger partial charge on any atom is 0.238 e. The minimum atomic E-state index is -2.88. The maximum atomic E-state index is 13.0. The molecule has 32 heavy (non-hydrogen) atoms. The molecule has 1 aromatic rings. The van der Waals surface area contributed by atoms with Gasteiger partial charge in [0.05, 0.1) is 28.8 Å². The zero-order chi connectivity index (χ0) is 22.7. The zero-order valence-electron chi connectivity index (χ0n) is 18.2. The molecule has 0 radical (unpaired) electrons. The Kier molecular flexibility index (Phi) is 7.39. The van der Waals surface area contributed by atoms with E-state index in [0.717, 1.165) is 25.9 Å². The predicted molar refractivity (Wildman–Crippen MR) is 124 cm³/mol. The third kappa shape index (κ3) is 5.81. The van der Waals surface area contributed by atoms with Crippen LogP contribution >= 0.6 is 11.6 Å². The summed E-state index contributed by atoms with van der Waals surface area (Å²) in [7, 11) is -2.88. The lowest BCUT2D eigenvalue weighted by Gasteiger charge is -2.39. The number of para-hydroxylation sites is 1. The Labute approximate surface area is 194 Å². The molecule has 3 fully saturated rings. The van der Waals surface area contributed by atoms with Crippen molar-refractivity contribution in [2.45, 2.75) is 25.3 Å². The van der Waals surface area contributed by atoms with E-state index in [1.807, 2.05) is 17.0 Å². The summed E-state index contributed by atoms with van der Waals surface area (Å²) >= 11 is 6.09. The average molecular weight is 483 g/mol. The second-order valence-electron chi connectivity index (χ2n) is 9.00. The Hall–Kier alpha value is -1.68. The number of anilines is 1. The Bertz CT molecular complexity index is 941. The third-order valence-electron chi connectivity index (χ3n) is 6.80. The van der Waals surface area contributed by atoms with Crippen molar-refractivity contribution in [1.82, 2.24) is 14.7 Å². The molecule has 0 aliphatic carbocycles. The van der Waals surface area contributed by atoms with Crippen molar-refractivity contribution in [1.29, 1.82) is 0 Å². The number of piperidine rings is 1. The van der Waals surface area contributed by atoms with Gasteiger partial charge in [0.15, 0.2) is 9.84 Å². The van der Waals surface area contributed by atoms with E-state index in [0.29, 0.717) is 43.3 Å². The highest BCUT2D eigenvalue weighted by molar-refractivity contribution is 7.91. The molecular weight excluding hydrogens is 452 g/mol. The standard InChI is InChI=1S/C22H31ClN4O4S/c23-19-3-1-2-4-20(19)24-21(28)15-25-10-12-27(13-11-25)22(29)17-5-8-26(9-6-17)18-7-14-32(30,31)16-18/h1-4,17-18H,5-16H2,(H,24,28)/t18-/m1/s1. The molecule has 0 spiro atoms. The average Bonchev–Trinajstić information content (AvgIpc) is 3.15. The van der Waals surface area contributed by atoms with Crippen LogP contribution in [0.4, 0.5) is 5.69 Å². The predicted octanol–water partition coefficient (Wildman–Crippen LogP) is 1.32. The second-order valence-corrected chi connectivity index (χ2v) is 11.6. The van der Waals surface area contributed by atoms with Crippen molar-refractivity contribution >= 4 is 38.9 Å². The molecular formula is C22H31ClN4O4S. The number of piperazine rings is 1. The van der Waals surface area contributed by atoms with Crippen LogP contribution < -0.4 is 5.32 Å². The first-order chi connectivity index (χ1) is 15.3. The van der Waals surface area contributed by atoms with Crippen LogP contribution in [0, 0.1) is 5.92 Å². The number of nitrogens with one attached hydrogen (secondary N) is 1. The summed E-state index contributed by atoms with van der Waals surface area (Å²) in [6.45, 7) is 4.44. The van der Waals surface area contributed by atoms with Gasteiger partial charge in [-0.15, -0.1) is 0 Å². The van der Waals surface area contributed by atoms with Crippen molar-refractivity contribution in [3.05, 3.63) is 29.3 Å². The summed E-state index contributed by atoms with van der Waals surface area (Å²) in [5.41, 5.74) is 0.606. The molecule has 176 valence electrons. The van der Waals surface area contributed by atoms with Gasteiger partial charge in [0.1, 0.15) is 0 Å². The van der Waals surface area contributed by atoms with E-state index in [9.17, 15) is 18.0 Å². The molecule has 1 atom stereocenters. The fourth-order valence-corrected chi connectivity index (χ4v) is 6.86. The summed E-state index contributed by atoms with van der Waals surface area (Å²) in [5, 5.41) is 3.35. The third-order valence-corrected chi connectivity index (χ3v) is 8.88. The lowest BCUT2D eigenvalue weighted by molar-refractivity contribution is -0.139. The van der Waals surface area contributed by atoms with Gasteiger partial charge < -0.3 is 10.2 Å². The van der Waals surface area contributed by atoms with E-state index >= 15 is 0 Å². The molecule has 1 aromatic carbocycles. The first-order valence-corrected chi connectivity index (χ1v) is 13.5. The van der Waals surface area contributed by atoms with Gasteiger partial charge in [0.2, 0.25) is 11.8 Å². The van der Waals surface area contributed by atoms with E-state index in [4.69, 9.17) is 11.6 Å². The molecule has 2 amide bonds. The number of likely N-dealkylation sites (tertiary alicyclic amines) is 1. The molecule has 0 saturated carbocycles.